The van der Waals surface area contributed by atoms with Crippen LogP contribution >= 0.6 is 11.3 Å². The second-order valence-corrected chi connectivity index (χ2v) is 6.92. The van der Waals surface area contributed by atoms with Crippen molar-refractivity contribution in [3.05, 3.63) is 101 Å². The highest BCUT2D eigenvalue weighted by atomic mass is 32.1. The Morgan fingerprint density at radius 3 is 2.18 bits per heavy atom. The molecule has 4 rings (SSSR count). The smallest absolute Gasteiger partial charge is 0.134 e. The van der Waals surface area contributed by atoms with E-state index in [9.17, 15) is 5.26 Å². The van der Waals surface area contributed by atoms with E-state index in [1.807, 2.05) is 96.4 Å². The lowest BCUT2D eigenvalue weighted by molar-refractivity contribution is 0.483. The molecule has 0 radical (unpaired) electrons. The Morgan fingerprint density at radius 2 is 1.50 bits per heavy atom. The van der Waals surface area contributed by atoms with E-state index in [0.717, 1.165) is 28.3 Å². The molecule has 0 spiro atoms. The molecule has 4 aromatic rings. The lowest BCUT2D eigenvalue weighted by Crippen LogP contribution is -1.85. The summed E-state index contributed by atoms with van der Waals surface area (Å²) >= 11 is 1.47. The first-order valence-corrected chi connectivity index (χ1v) is 9.66. The van der Waals surface area contributed by atoms with Crippen molar-refractivity contribution in [3.63, 3.8) is 0 Å². The monoisotopic (exact) mass is 380 g/mol. The van der Waals surface area contributed by atoms with Crippen LogP contribution in [0.3, 0.4) is 0 Å². The van der Waals surface area contributed by atoms with Crippen molar-refractivity contribution in [2.45, 2.75) is 0 Å². The molecule has 0 N–H and O–H groups in total. The Hall–Kier alpha value is -3.68. The average Bonchev–Trinajstić information content (AvgIpc) is 3.24. The van der Waals surface area contributed by atoms with E-state index >= 15 is 0 Å². The molecular weight excluding hydrogens is 364 g/mol. The Bertz CT molecular complexity index is 1120. The first-order valence-electron chi connectivity index (χ1n) is 8.78. The summed E-state index contributed by atoms with van der Waals surface area (Å²) in [5.74, 6) is 1.57. The molecule has 1 heterocycles. The fourth-order valence-corrected chi connectivity index (χ4v) is 3.50. The van der Waals surface area contributed by atoms with Gasteiger partial charge in [-0.1, -0.05) is 48.5 Å². The number of rotatable bonds is 5. The number of benzene rings is 3. The largest absolute Gasteiger partial charge is 0.457 e. The van der Waals surface area contributed by atoms with E-state index in [4.69, 9.17) is 4.74 Å². The molecule has 3 aromatic carbocycles. The summed E-state index contributed by atoms with van der Waals surface area (Å²) in [5.41, 5.74) is 3.38. The minimum absolute atomic E-state index is 0.562. The zero-order valence-corrected chi connectivity index (χ0v) is 15.8. The summed E-state index contributed by atoms with van der Waals surface area (Å²) < 4.78 is 5.83. The average molecular weight is 380 g/mol. The van der Waals surface area contributed by atoms with Crippen molar-refractivity contribution >= 4 is 23.0 Å². The molecule has 0 aliphatic carbocycles. The number of thiazole rings is 1. The van der Waals surface area contributed by atoms with Gasteiger partial charge >= 0.3 is 0 Å². The van der Waals surface area contributed by atoms with Gasteiger partial charge in [-0.3, -0.25) is 0 Å². The number of allylic oxidation sites excluding steroid dienone is 1. The second-order valence-electron chi connectivity index (χ2n) is 6.06. The van der Waals surface area contributed by atoms with E-state index in [2.05, 4.69) is 11.1 Å². The van der Waals surface area contributed by atoms with Crippen LogP contribution in [-0.4, -0.2) is 4.98 Å². The maximum Gasteiger partial charge on any atom is 0.134 e. The van der Waals surface area contributed by atoms with Crippen molar-refractivity contribution in [1.29, 1.82) is 5.26 Å². The molecule has 0 atom stereocenters. The van der Waals surface area contributed by atoms with Crippen molar-refractivity contribution in [2.24, 2.45) is 0 Å². The topological polar surface area (TPSA) is 45.9 Å². The van der Waals surface area contributed by atoms with E-state index < -0.39 is 0 Å². The maximum absolute atomic E-state index is 9.53. The van der Waals surface area contributed by atoms with Crippen LogP contribution in [0, 0.1) is 11.3 Å². The summed E-state index contributed by atoms with van der Waals surface area (Å²) in [6, 6.07) is 29.5. The zero-order chi connectivity index (χ0) is 19.2. The second kappa shape index (κ2) is 8.34. The summed E-state index contributed by atoms with van der Waals surface area (Å²) in [6.45, 7) is 0. The fourth-order valence-electron chi connectivity index (χ4n) is 2.71. The van der Waals surface area contributed by atoms with E-state index in [1.54, 1.807) is 0 Å². The van der Waals surface area contributed by atoms with Gasteiger partial charge in [-0.25, -0.2) is 4.98 Å². The predicted molar refractivity (Wildman–Crippen MR) is 114 cm³/mol. The highest BCUT2D eigenvalue weighted by Crippen LogP contribution is 2.29. The molecule has 0 saturated carbocycles. The van der Waals surface area contributed by atoms with Crippen LogP contribution in [0.4, 0.5) is 0 Å². The minimum atomic E-state index is 0.562. The van der Waals surface area contributed by atoms with Gasteiger partial charge in [0.05, 0.1) is 11.3 Å². The van der Waals surface area contributed by atoms with Crippen LogP contribution in [0.1, 0.15) is 10.6 Å². The van der Waals surface area contributed by atoms with Crippen molar-refractivity contribution in [1.82, 2.24) is 4.98 Å². The van der Waals surface area contributed by atoms with E-state index in [1.165, 1.54) is 11.3 Å². The van der Waals surface area contributed by atoms with Crippen LogP contribution in [0.5, 0.6) is 11.5 Å². The van der Waals surface area contributed by atoms with Gasteiger partial charge in [-0.15, -0.1) is 11.3 Å². The molecule has 0 amide bonds. The van der Waals surface area contributed by atoms with Gasteiger partial charge in [-0.05, 0) is 48.0 Å². The molecule has 0 saturated heterocycles. The molecule has 1 aromatic heterocycles. The first-order chi connectivity index (χ1) is 13.8. The molecule has 134 valence electrons. The lowest BCUT2D eigenvalue weighted by Gasteiger charge is -2.05. The molecule has 28 heavy (non-hydrogen) atoms. The molecule has 0 aliphatic heterocycles. The summed E-state index contributed by atoms with van der Waals surface area (Å²) in [5, 5.41) is 12.2. The molecule has 3 nitrogen and oxygen atoms in total. The molecule has 4 heteroatoms. The van der Waals surface area contributed by atoms with Crippen molar-refractivity contribution in [3.8, 4) is 28.8 Å². The lowest BCUT2D eigenvalue weighted by atomic mass is 10.1. The summed E-state index contributed by atoms with van der Waals surface area (Å²) in [7, 11) is 0. The highest BCUT2D eigenvalue weighted by molar-refractivity contribution is 7.11. The predicted octanol–water partition coefficient (Wildman–Crippen LogP) is 6.67. The standard InChI is InChI=1S/C24H16N2OS/c25-16-20(15-18-7-3-1-4-8-18)24-26-23(17-28-24)19-11-13-22(14-12-19)27-21-9-5-2-6-10-21/h1-15,17H/b20-15+. The Balaban J connectivity index is 1.54. The van der Waals surface area contributed by atoms with Crippen LogP contribution < -0.4 is 4.74 Å². The number of nitrogens with zero attached hydrogens (tertiary/aromatic N) is 2. The quantitative estimate of drug-likeness (QED) is 0.363. The number of hydrogen-bond acceptors (Lipinski definition) is 4. The fraction of sp³-hybridized carbons (Fsp3) is 0. The number of nitriles is 1. The van der Waals surface area contributed by atoms with Crippen LogP contribution in [-0.2, 0) is 0 Å². The van der Waals surface area contributed by atoms with Gasteiger partial charge in [0, 0.05) is 10.9 Å². The number of aromatic nitrogens is 1. The molecule has 0 unspecified atom stereocenters. The first kappa shape index (κ1) is 17.7. The molecule has 0 aliphatic rings. The van der Waals surface area contributed by atoms with Gasteiger partial charge in [-0.2, -0.15) is 5.26 Å². The molecular formula is C24H16N2OS. The third-order valence-corrected chi connectivity index (χ3v) is 4.97. The van der Waals surface area contributed by atoms with Gasteiger partial charge < -0.3 is 4.74 Å². The Labute approximate surface area is 167 Å². The highest BCUT2D eigenvalue weighted by Gasteiger charge is 2.09. The minimum Gasteiger partial charge on any atom is -0.457 e. The molecule has 0 fully saturated rings. The summed E-state index contributed by atoms with van der Waals surface area (Å²) in [6.07, 6.45) is 1.86. The number of ether oxygens (including phenoxy) is 1. The number of hydrogen-bond donors (Lipinski definition) is 0. The van der Waals surface area contributed by atoms with E-state index in [0.29, 0.717) is 10.6 Å². The van der Waals surface area contributed by atoms with Crippen molar-refractivity contribution < 1.29 is 4.74 Å². The third kappa shape index (κ3) is 4.17. The van der Waals surface area contributed by atoms with Crippen LogP contribution in [0.25, 0.3) is 22.9 Å². The van der Waals surface area contributed by atoms with Crippen molar-refractivity contribution in [2.75, 3.05) is 0 Å². The summed E-state index contributed by atoms with van der Waals surface area (Å²) in [4.78, 5) is 4.65. The van der Waals surface area contributed by atoms with Gasteiger partial charge in [0.2, 0.25) is 0 Å². The SMILES string of the molecule is N#C/C(=C\c1ccccc1)c1nc(-c2ccc(Oc3ccccc3)cc2)cs1. The Kier molecular flexibility index (Phi) is 5.28. The van der Waals surface area contributed by atoms with Crippen LogP contribution in [0.15, 0.2) is 90.3 Å². The number of para-hydroxylation sites is 1. The normalized spacial score (nSPS) is 11.0. The molecule has 0 bridgehead atoms. The maximum atomic E-state index is 9.53. The van der Waals surface area contributed by atoms with Crippen LogP contribution in [0.2, 0.25) is 0 Å². The van der Waals surface area contributed by atoms with Gasteiger partial charge in [0.25, 0.3) is 0 Å². The Morgan fingerprint density at radius 1 is 0.857 bits per heavy atom. The third-order valence-electron chi connectivity index (χ3n) is 4.09. The van der Waals surface area contributed by atoms with Gasteiger partial charge in [0.1, 0.15) is 22.6 Å². The zero-order valence-electron chi connectivity index (χ0n) is 14.9. The van der Waals surface area contributed by atoms with E-state index in [-0.39, 0.29) is 0 Å². The van der Waals surface area contributed by atoms with Gasteiger partial charge in [0.15, 0.2) is 0 Å².